The molecular formula is C5H6O2S. The number of hydrogen-bond acceptors (Lipinski definition) is 2. The third-order valence-electron chi connectivity index (χ3n) is 1.22. The normalized spacial score (nSPS) is 19.5. The minimum atomic E-state index is 0.0602. The lowest BCUT2D eigenvalue weighted by molar-refractivity contribution is -0.112. The van der Waals surface area contributed by atoms with E-state index in [4.69, 9.17) is 0 Å². The van der Waals surface area contributed by atoms with Gasteiger partial charge in [0.2, 0.25) is 0 Å². The number of rotatable bonds is 0. The average Bonchev–Trinajstić information content (AvgIpc) is 2.14. The minimum absolute atomic E-state index is 0.0602. The summed E-state index contributed by atoms with van der Waals surface area (Å²) in [6, 6.07) is 0. The lowest BCUT2D eigenvalue weighted by atomic mass is 10.4. The van der Waals surface area contributed by atoms with Crippen molar-refractivity contribution in [3.8, 4) is 0 Å². The van der Waals surface area contributed by atoms with Gasteiger partial charge in [-0.1, -0.05) is 0 Å². The molecule has 0 aromatic rings. The molecule has 0 bridgehead atoms. The van der Waals surface area contributed by atoms with Gasteiger partial charge in [-0.15, -0.1) is 0 Å². The highest BCUT2D eigenvalue weighted by atomic mass is 32.1. The van der Waals surface area contributed by atoms with E-state index in [9.17, 15) is 9.00 Å². The fourth-order valence-corrected chi connectivity index (χ4v) is 1.20. The molecule has 0 unspecified atom stereocenters. The Kier molecular flexibility index (Phi) is 1.58. The van der Waals surface area contributed by atoms with Gasteiger partial charge in [-0.05, 0) is 12.8 Å². The van der Waals surface area contributed by atoms with Gasteiger partial charge in [0.25, 0.3) is 0 Å². The van der Waals surface area contributed by atoms with E-state index in [1.54, 1.807) is 0 Å². The van der Waals surface area contributed by atoms with Gasteiger partial charge in [0.05, 0.1) is 16.1 Å². The second-order valence-electron chi connectivity index (χ2n) is 1.78. The van der Waals surface area contributed by atoms with Crippen LogP contribution in [0.2, 0.25) is 0 Å². The standard InChI is InChI=1S/C5H6O2S/c6-4-2-1-3-5(4)8-7/h1-3H2. The van der Waals surface area contributed by atoms with E-state index in [1.807, 2.05) is 0 Å². The monoisotopic (exact) mass is 130 g/mol. The summed E-state index contributed by atoms with van der Waals surface area (Å²) < 4.78 is 10.0. The van der Waals surface area contributed by atoms with Crippen LogP contribution in [0, 0.1) is 0 Å². The zero-order chi connectivity index (χ0) is 5.98. The molecule has 0 saturated heterocycles. The molecule has 0 spiro atoms. The van der Waals surface area contributed by atoms with E-state index in [0.717, 1.165) is 6.42 Å². The molecule has 2 nitrogen and oxygen atoms in total. The summed E-state index contributed by atoms with van der Waals surface area (Å²) in [5, 5.41) is 0. The number of Topliss-reactive ketones (excluding diaryl/α,β-unsaturated/α-hetero) is 1. The van der Waals surface area contributed by atoms with Gasteiger partial charge in [0.15, 0.2) is 5.78 Å². The first kappa shape index (κ1) is 5.69. The van der Waals surface area contributed by atoms with E-state index in [-0.39, 0.29) is 5.78 Å². The SMILES string of the molecule is O=S=C1CCCC1=O. The summed E-state index contributed by atoms with van der Waals surface area (Å²) >= 11 is 0.358. The molecule has 1 saturated carbocycles. The Labute approximate surface area is 51.0 Å². The number of ketones is 1. The number of hydrogen-bond donors (Lipinski definition) is 0. The van der Waals surface area contributed by atoms with Crippen LogP contribution >= 0.6 is 0 Å². The van der Waals surface area contributed by atoms with Gasteiger partial charge in [0, 0.05) is 6.42 Å². The van der Waals surface area contributed by atoms with Gasteiger partial charge in [-0.25, -0.2) is 4.21 Å². The summed E-state index contributed by atoms with van der Waals surface area (Å²) in [7, 11) is 0. The van der Waals surface area contributed by atoms with Gasteiger partial charge in [0.1, 0.15) is 0 Å². The van der Waals surface area contributed by atoms with Crippen LogP contribution < -0.4 is 0 Å². The molecule has 1 aliphatic rings. The molecule has 0 aliphatic heterocycles. The molecule has 1 fully saturated rings. The summed E-state index contributed by atoms with van der Waals surface area (Å²) in [5.41, 5.74) is 0. The van der Waals surface area contributed by atoms with Gasteiger partial charge in [-0.2, -0.15) is 0 Å². The van der Waals surface area contributed by atoms with Crippen molar-refractivity contribution >= 4 is 21.9 Å². The number of carbonyl (C=O) groups excluding carboxylic acids is 1. The molecular weight excluding hydrogens is 124 g/mol. The lowest BCUT2D eigenvalue weighted by Gasteiger charge is -1.77. The van der Waals surface area contributed by atoms with Crippen molar-refractivity contribution in [1.82, 2.24) is 0 Å². The predicted molar refractivity (Wildman–Crippen MR) is 32.0 cm³/mol. The van der Waals surface area contributed by atoms with Crippen molar-refractivity contribution in [1.29, 1.82) is 0 Å². The third kappa shape index (κ3) is 0.865. The second-order valence-corrected chi connectivity index (χ2v) is 2.44. The third-order valence-corrected chi connectivity index (χ3v) is 1.85. The van der Waals surface area contributed by atoms with Crippen LogP contribution in [0.5, 0.6) is 0 Å². The van der Waals surface area contributed by atoms with Crippen LogP contribution in [0.3, 0.4) is 0 Å². The summed E-state index contributed by atoms with van der Waals surface area (Å²) in [6.07, 6.45) is 2.18. The number of carbonyl (C=O) groups is 1. The molecule has 0 amide bonds. The first-order valence-electron chi connectivity index (χ1n) is 2.53. The van der Waals surface area contributed by atoms with E-state index in [0.29, 0.717) is 29.0 Å². The fraction of sp³-hybridized carbons (Fsp3) is 0.600. The predicted octanol–water partition coefficient (Wildman–Crippen LogP) is 0.125. The Hall–Kier alpha value is -0.440. The summed E-state index contributed by atoms with van der Waals surface area (Å²) in [5.74, 6) is 0.0602. The van der Waals surface area contributed by atoms with Crippen LogP contribution in [-0.4, -0.2) is 14.9 Å². The minimum Gasteiger partial charge on any atom is -0.294 e. The molecule has 1 rings (SSSR count). The topological polar surface area (TPSA) is 34.1 Å². The first-order valence-corrected chi connectivity index (χ1v) is 3.27. The molecule has 8 heavy (non-hydrogen) atoms. The molecule has 0 N–H and O–H groups in total. The Morgan fingerprint density at radius 1 is 1.38 bits per heavy atom. The van der Waals surface area contributed by atoms with Crippen molar-refractivity contribution in [3.05, 3.63) is 0 Å². The smallest absolute Gasteiger partial charge is 0.171 e. The molecule has 0 heterocycles. The van der Waals surface area contributed by atoms with Crippen molar-refractivity contribution in [2.75, 3.05) is 0 Å². The average molecular weight is 130 g/mol. The Bertz CT molecular complexity index is 167. The fourth-order valence-electron chi connectivity index (χ4n) is 0.776. The van der Waals surface area contributed by atoms with E-state index in [1.165, 1.54) is 0 Å². The zero-order valence-electron chi connectivity index (χ0n) is 4.35. The van der Waals surface area contributed by atoms with Gasteiger partial charge < -0.3 is 0 Å². The summed E-state index contributed by atoms with van der Waals surface area (Å²) in [4.78, 5) is 11.1. The van der Waals surface area contributed by atoms with Gasteiger partial charge in [-0.3, -0.25) is 4.79 Å². The molecule has 1 aliphatic carbocycles. The van der Waals surface area contributed by atoms with E-state index in [2.05, 4.69) is 0 Å². The first-order chi connectivity index (χ1) is 3.84. The van der Waals surface area contributed by atoms with Crippen LogP contribution in [0.4, 0.5) is 0 Å². The van der Waals surface area contributed by atoms with E-state index >= 15 is 0 Å². The van der Waals surface area contributed by atoms with Crippen molar-refractivity contribution in [2.24, 2.45) is 0 Å². The van der Waals surface area contributed by atoms with Crippen LogP contribution in [-0.2, 0) is 16.1 Å². The highest BCUT2D eigenvalue weighted by Gasteiger charge is 2.17. The Balaban J connectivity index is 2.84. The van der Waals surface area contributed by atoms with Crippen LogP contribution in [0.1, 0.15) is 19.3 Å². The molecule has 0 aromatic carbocycles. The van der Waals surface area contributed by atoms with Crippen molar-refractivity contribution < 1.29 is 9.00 Å². The largest absolute Gasteiger partial charge is 0.294 e. The maximum atomic E-state index is 10.5. The Morgan fingerprint density at radius 3 is 2.38 bits per heavy atom. The molecule has 0 aromatic heterocycles. The maximum absolute atomic E-state index is 10.5. The molecule has 44 valence electrons. The van der Waals surface area contributed by atoms with Crippen LogP contribution in [0.25, 0.3) is 0 Å². The molecule has 0 radical (unpaired) electrons. The highest BCUT2D eigenvalue weighted by Crippen LogP contribution is 2.08. The highest BCUT2D eigenvalue weighted by molar-refractivity contribution is 7.68. The Morgan fingerprint density at radius 2 is 2.12 bits per heavy atom. The summed E-state index contributed by atoms with van der Waals surface area (Å²) in [6.45, 7) is 0. The maximum Gasteiger partial charge on any atom is 0.171 e. The van der Waals surface area contributed by atoms with E-state index < -0.39 is 0 Å². The second kappa shape index (κ2) is 2.22. The lowest BCUT2D eigenvalue weighted by Crippen LogP contribution is -2.02. The molecule has 0 atom stereocenters. The molecule has 3 heteroatoms. The quantitative estimate of drug-likeness (QED) is 0.437. The van der Waals surface area contributed by atoms with Crippen molar-refractivity contribution in [2.45, 2.75) is 19.3 Å². The van der Waals surface area contributed by atoms with Crippen molar-refractivity contribution in [3.63, 3.8) is 0 Å². The zero-order valence-corrected chi connectivity index (χ0v) is 5.16. The van der Waals surface area contributed by atoms with Crippen LogP contribution in [0.15, 0.2) is 0 Å². The van der Waals surface area contributed by atoms with Gasteiger partial charge >= 0.3 is 0 Å².